The van der Waals surface area contributed by atoms with Crippen LogP contribution in [0.15, 0.2) is 30.5 Å². The number of hydrogen-bond donors (Lipinski definition) is 2. The van der Waals surface area contributed by atoms with Gasteiger partial charge in [-0.25, -0.2) is 0 Å². The molecule has 4 heteroatoms. The van der Waals surface area contributed by atoms with Gasteiger partial charge in [0.1, 0.15) is 0 Å². The zero-order chi connectivity index (χ0) is 11.3. The third-order valence-corrected chi connectivity index (χ3v) is 1.96. The van der Waals surface area contributed by atoms with E-state index >= 15 is 0 Å². The number of nitrogens with zero attached hydrogens (tertiary/aromatic N) is 1. The second kappa shape index (κ2) is 5.07. The lowest BCUT2D eigenvalue weighted by atomic mass is 10.1. The van der Waals surface area contributed by atoms with Crippen LogP contribution in [-0.4, -0.2) is 23.5 Å². The van der Waals surface area contributed by atoms with E-state index in [0.29, 0.717) is 16.8 Å². The molecule has 0 fully saturated rings. The van der Waals surface area contributed by atoms with Crippen LogP contribution in [0.2, 0.25) is 0 Å². The lowest BCUT2D eigenvalue weighted by Crippen LogP contribution is -1.91. The number of aliphatic hydroxyl groups is 1. The summed E-state index contributed by atoms with van der Waals surface area (Å²) < 4.78 is 0. The summed E-state index contributed by atoms with van der Waals surface area (Å²) in [7, 11) is 1.00. The van der Waals surface area contributed by atoms with E-state index in [1.807, 2.05) is 12.1 Å². The molecule has 0 saturated carbocycles. The molecule has 0 atom stereocenters. The van der Waals surface area contributed by atoms with Crippen molar-refractivity contribution in [3.05, 3.63) is 36.0 Å². The van der Waals surface area contributed by atoms with Crippen molar-refractivity contribution in [1.82, 2.24) is 4.98 Å². The fourth-order valence-corrected chi connectivity index (χ4v) is 1.32. The molecule has 78 valence electrons. The van der Waals surface area contributed by atoms with Crippen molar-refractivity contribution < 1.29 is 9.90 Å². The number of anilines is 1. The Labute approximate surface area is 87.4 Å². The summed E-state index contributed by atoms with van der Waals surface area (Å²) in [4.78, 5) is 14.8. The summed E-state index contributed by atoms with van der Waals surface area (Å²) in [5, 5.41) is 7.80. The van der Waals surface area contributed by atoms with Crippen LogP contribution in [-0.2, 0) is 0 Å². The van der Waals surface area contributed by atoms with Crippen LogP contribution in [0, 0.1) is 0 Å². The largest absolute Gasteiger partial charge is 0.400 e. The van der Waals surface area contributed by atoms with Crippen LogP contribution in [0.3, 0.4) is 0 Å². The van der Waals surface area contributed by atoms with Gasteiger partial charge in [0.05, 0.1) is 11.2 Å². The molecule has 2 rings (SSSR count). The van der Waals surface area contributed by atoms with Crippen molar-refractivity contribution in [3.8, 4) is 0 Å². The molecule has 0 amide bonds. The van der Waals surface area contributed by atoms with E-state index in [1.54, 1.807) is 18.3 Å². The number of carbonyl (C=O) groups excluding carboxylic acids is 1. The van der Waals surface area contributed by atoms with Gasteiger partial charge < -0.3 is 10.8 Å². The van der Waals surface area contributed by atoms with E-state index in [4.69, 9.17) is 10.8 Å². The van der Waals surface area contributed by atoms with E-state index in [2.05, 4.69) is 4.98 Å². The Morgan fingerprint density at radius 2 is 2.07 bits per heavy atom. The van der Waals surface area contributed by atoms with Gasteiger partial charge in [-0.15, -0.1) is 0 Å². The summed E-state index contributed by atoms with van der Waals surface area (Å²) in [5.41, 5.74) is 7.61. The smallest absolute Gasteiger partial charge is 0.150 e. The van der Waals surface area contributed by atoms with E-state index < -0.39 is 0 Å². The molecular formula is C11H12N2O2. The molecule has 1 heterocycles. The van der Waals surface area contributed by atoms with E-state index in [9.17, 15) is 4.79 Å². The number of rotatable bonds is 1. The number of aliphatic hydroxyl groups excluding tert-OH is 1. The molecule has 0 aliphatic heterocycles. The average Bonchev–Trinajstić information content (AvgIpc) is 2.32. The molecule has 0 unspecified atom stereocenters. The first-order valence-electron chi connectivity index (χ1n) is 4.36. The Bertz CT molecular complexity index is 469. The summed E-state index contributed by atoms with van der Waals surface area (Å²) in [6.45, 7) is 0. The maximum atomic E-state index is 10.7. The molecule has 0 radical (unpaired) electrons. The topological polar surface area (TPSA) is 76.2 Å². The van der Waals surface area contributed by atoms with Gasteiger partial charge >= 0.3 is 0 Å². The molecule has 0 bridgehead atoms. The van der Waals surface area contributed by atoms with Gasteiger partial charge in [-0.05, 0) is 12.1 Å². The second-order valence-electron chi connectivity index (χ2n) is 2.76. The number of aldehydes is 1. The number of nitrogens with two attached hydrogens (primary N) is 1. The Hall–Kier alpha value is -1.94. The Kier molecular flexibility index (Phi) is 3.76. The summed E-state index contributed by atoms with van der Waals surface area (Å²) in [6.07, 6.45) is 2.39. The van der Waals surface area contributed by atoms with E-state index in [0.717, 1.165) is 18.8 Å². The minimum atomic E-state index is 0.598. The highest BCUT2D eigenvalue weighted by Crippen LogP contribution is 2.20. The Balaban J connectivity index is 0.000000531. The molecule has 15 heavy (non-hydrogen) atoms. The molecule has 1 aromatic carbocycles. The number of nitrogen functional groups attached to an aromatic ring is 1. The SMILES string of the molecule is CO.Nc1cccc2c(C=O)ccnc12. The monoisotopic (exact) mass is 204 g/mol. The summed E-state index contributed by atoms with van der Waals surface area (Å²) in [5.74, 6) is 0. The second-order valence-corrected chi connectivity index (χ2v) is 2.76. The maximum Gasteiger partial charge on any atom is 0.150 e. The lowest BCUT2D eigenvalue weighted by Gasteiger charge is -2.01. The van der Waals surface area contributed by atoms with E-state index in [1.165, 1.54) is 0 Å². The number of aromatic nitrogens is 1. The van der Waals surface area contributed by atoms with Crippen LogP contribution in [0.5, 0.6) is 0 Å². The molecule has 3 N–H and O–H groups in total. The minimum Gasteiger partial charge on any atom is -0.400 e. The van der Waals surface area contributed by atoms with Crippen molar-refractivity contribution in [2.45, 2.75) is 0 Å². The molecule has 0 aliphatic rings. The highest BCUT2D eigenvalue weighted by molar-refractivity contribution is 6.00. The normalized spacial score (nSPS) is 9.20. The predicted molar refractivity (Wildman–Crippen MR) is 59.7 cm³/mol. The van der Waals surface area contributed by atoms with Crippen molar-refractivity contribution in [2.24, 2.45) is 0 Å². The number of pyridine rings is 1. The number of fused-ring (bicyclic) bond motifs is 1. The zero-order valence-electron chi connectivity index (χ0n) is 8.34. The van der Waals surface area contributed by atoms with Gasteiger partial charge in [-0.1, -0.05) is 12.1 Å². The van der Waals surface area contributed by atoms with Crippen molar-refractivity contribution in [1.29, 1.82) is 0 Å². The predicted octanol–water partition coefficient (Wildman–Crippen LogP) is 1.24. The van der Waals surface area contributed by atoms with Gasteiger partial charge in [-0.3, -0.25) is 9.78 Å². The highest BCUT2D eigenvalue weighted by atomic mass is 16.2. The summed E-state index contributed by atoms with van der Waals surface area (Å²) in [6, 6.07) is 7.09. The minimum absolute atomic E-state index is 0.598. The van der Waals surface area contributed by atoms with Crippen LogP contribution in [0.1, 0.15) is 10.4 Å². The Morgan fingerprint density at radius 1 is 1.33 bits per heavy atom. The highest BCUT2D eigenvalue weighted by Gasteiger charge is 2.01. The molecule has 0 aliphatic carbocycles. The number of carbonyl (C=O) groups is 1. The molecular weight excluding hydrogens is 192 g/mol. The average molecular weight is 204 g/mol. The van der Waals surface area contributed by atoms with Crippen molar-refractivity contribution >= 4 is 22.9 Å². The Morgan fingerprint density at radius 3 is 2.73 bits per heavy atom. The number of hydrogen-bond acceptors (Lipinski definition) is 4. The zero-order valence-corrected chi connectivity index (χ0v) is 8.34. The van der Waals surface area contributed by atoms with Crippen molar-refractivity contribution in [2.75, 3.05) is 12.8 Å². The van der Waals surface area contributed by atoms with Gasteiger partial charge in [0.25, 0.3) is 0 Å². The quantitative estimate of drug-likeness (QED) is 0.541. The van der Waals surface area contributed by atoms with Gasteiger partial charge in [0.15, 0.2) is 6.29 Å². The number of benzene rings is 1. The van der Waals surface area contributed by atoms with Crippen LogP contribution < -0.4 is 5.73 Å². The first kappa shape index (κ1) is 11.1. The molecule has 4 nitrogen and oxygen atoms in total. The first-order valence-corrected chi connectivity index (χ1v) is 4.36. The third-order valence-electron chi connectivity index (χ3n) is 1.96. The van der Waals surface area contributed by atoms with Gasteiger partial charge in [0.2, 0.25) is 0 Å². The standard InChI is InChI=1S/C10H8N2O.CH4O/c11-9-3-1-2-8-7(6-13)4-5-12-10(8)9;1-2/h1-6H,11H2;2H,1H3. The molecule has 0 saturated heterocycles. The van der Waals surface area contributed by atoms with Gasteiger partial charge in [-0.2, -0.15) is 0 Å². The van der Waals surface area contributed by atoms with Crippen molar-refractivity contribution in [3.63, 3.8) is 0 Å². The third kappa shape index (κ3) is 2.11. The fourth-order valence-electron chi connectivity index (χ4n) is 1.32. The first-order chi connectivity index (χ1) is 7.33. The van der Waals surface area contributed by atoms with Gasteiger partial charge in [0, 0.05) is 24.3 Å². The van der Waals surface area contributed by atoms with Crippen LogP contribution in [0.25, 0.3) is 10.9 Å². The molecule has 1 aromatic heterocycles. The molecule has 0 spiro atoms. The lowest BCUT2D eigenvalue weighted by molar-refractivity contribution is 0.112. The fraction of sp³-hybridized carbons (Fsp3) is 0.0909. The molecule has 2 aromatic rings. The number of para-hydroxylation sites is 1. The summed E-state index contributed by atoms with van der Waals surface area (Å²) >= 11 is 0. The van der Waals surface area contributed by atoms with Crippen LogP contribution in [0.4, 0.5) is 5.69 Å². The maximum absolute atomic E-state index is 10.7. The van der Waals surface area contributed by atoms with Crippen LogP contribution >= 0.6 is 0 Å². The van der Waals surface area contributed by atoms with E-state index in [-0.39, 0.29) is 0 Å².